The minimum absolute atomic E-state index is 0.142. The predicted octanol–water partition coefficient (Wildman–Crippen LogP) is 0.460. The average molecular weight is 268 g/mol. The molecule has 0 bridgehead atoms. The van der Waals surface area contributed by atoms with Gasteiger partial charge in [-0.25, -0.2) is 0 Å². The topological polar surface area (TPSA) is 69.6 Å². The van der Waals surface area contributed by atoms with Gasteiger partial charge in [0.2, 0.25) is 5.91 Å². The van der Waals surface area contributed by atoms with Gasteiger partial charge in [-0.3, -0.25) is 9.59 Å². The van der Waals surface area contributed by atoms with E-state index in [-0.39, 0.29) is 11.8 Å². The molecule has 2 atom stereocenters. The Morgan fingerprint density at radius 2 is 2.39 bits per heavy atom. The van der Waals surface area contributed by atoms with E-state index in [0.29, 0.717) is 24.4 Å². The fourth-order valence-corrected chi connectivity index (χ4v) is 2.58. The van der Waals surface area contributed by atoms with E-state index in [1.807, 2.05) is 5.38 Å². The zero-order chi connectivity index (χ0) is 13.1. The normalized spacial score (nSPS) is 20.8. The van der Waals surface area contributed by atoms with Gasteiger partial charge in [0.15, 0.2) is 0 Å². The van der Waals surface area contributed by atoms with Crippen LogP contribution in [0, 0.1) is 0 Å². The quantitative estimate of drug-likeness (QED) is 0.836. The Morgan fingerprint density at radius 3 is 2.94 bits per heavy atom. The van der Waals surface area contributed by atoms with Crippen LogP contribution in [-0.4, -0.2) is 47.1 Å². The van der Waals surface area contributed by atoms with Gasteiger partial charge < -0.3 is 15.3 Å². The van der Waals surface area contributed by atoms with E-state index in [2.05, 4.69) is 5.32 Å². The molecule has 1 aromatic heterocycles. The lowest BCUT2D eigenvalue weighted by Crippen LogP contribution is -2.46. The van der Waals surface area contributed by atoms with Crippen molar-refractivity contribution in [2.45, 2.75) is 25.5 Å². The van der Waals surface area contributed by atoms with Crippen LogP contribution >= 0.6 is 11.3 Å². The molecule has 1 aliphatic rings. The molecule has 0 spiro atoms. The fraction of sp³-hybridized carbons (Fsp3) is 0.500. The highest BCUT2D eigenvalue weighted by molar-refractivity contribution is 7.12. The molecule has 1 unspecified atom stereocenters. The highest BCUT2D eigenvalue weighted by atomic mass is 32.1. The third-order valence-electron chi connectivity index (χ3n) is 2.94. The van der Waals surface area contributed by atoms with Crippen LogP contribution in [0.3, 0.4) is 0 Å². The lowest BCUT2D eigenvalue weighted by molar-refractivity contribution is -0.132. The summed E-state index contributed by atoms with van der Waals surface area (Å²) in [6.45, 7) is 2.58. The molecule has 98 valence electrons. The Kier molecular flexibility index (Phi) is 3.98. The molecule has 5 nitrogen and oxygen atoms in total. The van der Waals surface area contributed by atoms with Crippen molar-refractivity contribution in [2.75, 3.05) is 13.1 Å². The van der Waals surface area contributed by atoms with Crippen LogP contribution in [0.1, 0.15) is 23.0 Å². The van der Waals surface area contributed by atoms with Crippen LogP contribution < -0.4 is 5.32 Å². The predicted molar refractivity (Wildman–Crippen MR) is 68.5 cm³/mol. The minimum Gasteiger partial charge on any atom is -0.391 e. The number of amides is 2. The van der Waals surface area contributed by atoms with Gasteiger partial charge in [0, 0.05) is 13.1 Å². The van der Waals surface area contributed by atoms with Crippen molar-refractivity contribution in [3.05, 3.63) is 22.4 Å². The summed E-state index contributed by atoms with van der Waals surface area (Å²) in [5.74, 6) is -0.373. The third kappa shape index (κ3) is 2.88. The van der Waals surface area contributed by atoms with Crippen molar-refractivity contribution < 1.29 is 14.7 Å². The van der Waals surface area contributed by atoms with Crippen LogP contribution in [0.15, 0.2) is 17.5 Å². The van der Waals surface area contributed by atoms with Crippen molar-refractivity contribution in [3.8, 4) is 0 Å². The summed E-state index contributed by atoms with van der Waals surface area (Å²) < 4.78 is 0. The molecule has 0 aliphatic carbocycles. The number of hydrogen-bond donors (Lipinski definition) is 2. The Labute approximate surface area is 109 Å². The van der Waals surface area contributed by atoms with E-state index < -0.39 is 12.1 Å². The number of aliphatic hydroxyl groups is 1. The standard InChI is InChI=1S/C12H16N2O3S/c1-8(12(17)14-5-4-9(15)7-14)13-11(16)10-3-2-6-18-10/h2-3,6,8-9,15H,4-5,7H2,1H3,(H,13,16)/t8?,9-/m1/s1. The number of nitrogens with one attached hydrogen (secondary N) is 1. The first-order valence-corrected chi connectivity index (χ1v) is 6.77. The number of carbonyl (C=O) groups excluding carboxylic acids is 2. The molecule has 0 saturated carbocycles. The van der Waals surface area contributed by atoms with Crippen LogP contribution in [0.5, 0.6) is 0 Å². The number of rotatable bonds is 3. The Balaban J connectivity index is 1.89. The highest BCUT2D eigenvalue weighted by Gasteiger charge is 2.28. The largest absolute Gasteiger partial charge is 0.391 e. The Morgan fingerprint density at radius 1 is 1.61 bits per heavy atom. The molecule has 0 aromatic carbocycles. The van der Waals surface area contributed by atoms with Gasteiger partial charge in [-0.1, -0.05) is 6.07 Å². The number of aliphatic hydroxyl groups excluding tert-OH is 1. The number of hydrogen-bond acceptors (Lipinski definition) is 4. The SMILES string of the molecule is CC(NC(=O)c1cccs1)C(=O)N1CC[C@@H](O)C1. The smallest absolute Gasteiger partial charge is 0.261 e. The van der Waals surface area contributed by atoms with Gasteiger partial charge in [-0.15, -0.1) is 11.3 Å². The Bertz CT molecular complexity index is 433. The summed E-state index contributed by atoms with van der Waals surface area (Å²) in [7, 11) is 0. The van der Waals surface area contributed by atoms with Gasteiger partial charge >= 0.3 is 0 Å². The molecule has 2 rings (SSSR count). The first kappa shape index (κ1) is 13.0. The summed E-state index contributed by atoms with van der Waals surface area (Å²) >= 11 is 1.34. The van der Waals surface area contributed by atoms with Gasteiger partial charge in [0.05, 0.1) is 11.0 Å². The molecule has 18 heavy (non-hydrogen) atoms. The van der Waals surface area contributed by atoms with Crippen molar-refractivity contribution in [1.29, 1.82) is 0 Å². The van der Waals surface area contributed by atoms with Gasteiger partial charge in [-0.05, 0) is 24.8 Å². The number of thiophene rings is 1. The van der Waals surface area contributed by atoms with Gasteiger partial charge in [0.1, 0.15) is 6.04 Å². The van der Waals surface area contributed by atoms with Crippen LogP contribution in [0.2, 0.25) is 0 Å². The first-order chi connectivity index (χ1) is 8.58. The highest BCUT2D eigenvalue weighted by Crippen LogP contribution is 2.11. The molecular formula is C12H16N2O3S. The molecule has 0 radical (unpaired) electrons. The minimum atomic E-state index is -0.565. The molecule has 1 fully saturated rings. The maximum atomic E-state index is 12.0. The molecule has 1 aromatic rings. The van der Waals surface area contributed by atoms with Gasteiger partial charge in [-0.2, -0.15) is 0 Å². The number of nitrogens with zero attached hydrogens (tertiary/aromatic N) is 1. The number of β-amino-alcohol motifs (C(OH)–C–C–N with tert-alkyl or cyclic N) is 1. The van der Waals surface area contributed by atoms with Crippen molar-refractivity contribution >= 4 is 23.2 Å². The summed E-state index contributed by atoms with van der Waals surface area (Å²) in [4.78, 5) is 26.0. The maximum absolute atomic E-state index is 12.0. The average Bonchev–Trinajstić information content (AvgIpc) is 2.98. The molecule has 2 amide bonds. The molecular weight excluding hydrogens is 252 g/mol. The maximum Gasteiger partial charge on any atom is 0.261 e. The lowest BCUT2D eigenvalue weighted by atomic mass is 10.3. The van der Waals surface area contributed by atoms with Crippen molar-refractivity contribution in [1.82, 2.24) is 10.2 Å². The molecule has 2 N–H and O–H groups in total. The van der Waals surface area contributed by atoms with Crippen LogP contribution in [0.4, 0.5) is 0 Å². The zero-order valence-electron chi connectivity index (χ0n) is 10.1. The van der Waals surface area contributed by atoms with Crippen LogP contribution in [-0.2, 0) is 4.79 Å². The van der Waals surface area contributed by atoms with Crippen LogP contribution in [0.25, 0.3) is 0 Å². The third-order valence-corrected chi connectivity index (χ3v) is 3.81. The molecule has 1 saturated heterocycles. The Hall–Kier alpha value is -1.40. The van der Waals surface area contributed by atoms with E-state index in [9.17, 15) is 14.7 Å². The lowest BCUT2D eigenvalue weighted by Gasteiger charge is -2.21. The summed E-state index contributed by atoms with van der Waals surface area (Å²) in [6.07, 6.45) is 0.172. The van der Waals surface area contributed by atoms with E-state index in [1.165, 1.54) is 11.3 Å². The van der Waals surface area contributed by atoms with E-state index >= 15 is 0 Å². The molecule has 1 aliphatic heterocycles. The van der Waals surface area contributed by atoms with Gasteiger partial charge in [0.25, 0.3) is 5.91 Å². The van der Waals surface area contributed by atoms with E-state index in [1.54, 1.807) is 24.0 Å². The van der Waals surface area contributed by atoms with Crippen molar-refractivity contribution in [2.24, 2.45) is 0 Å². The zero-order valence-corrected chi connectivity index (χ0v) is 10.9. The first-order valence-electron chi connectivity index (χ1n) is 5.89. The molecule has 2 heterocycles. The second-order valence-corrected chi connectivity index (χ2v) is 5.35. The summed E-state index contributed by atoms with van der Waals surface area (Å²) in [5, 5.41) is 13.9. The second kappa shape index (κ2) is 5.49. The summed E-state index contributed by atoms with van der Waals surface area (Å²) in [6, 6.07) is 2.95. The van der Waals surface area contributed by atoms with E-state index in [4.69, 9.17) is 0 Å². The second-order valence-electron chi connectivity index (χ2n) is 4.40. The fourth-order valence-electron chi connectivity index (χ4n) is 1.95. The summed E-state index contributed by atoms with van der Waals surface area (Å²) in [5.41, 5.74) is 0. The monoisotopic (exact) mass is 268 g/mol. The van der Waals surface area contributed by atoms with E-state index in [0.717, 1.165) is 0 Å². The number of carbonyl (C=O) groups is 2. The number of likely N-dealkylation sites (tertiary alicyclic amines) is 1. The molecule has 6 heteroatoms. The van der Waals surface area contributed by atoms with Crippen molar-refractivity contribution in [3.63, 3.8) is 0 Å².